The van der Waals surface area contributed by atoms with Gasteiger partial charge in [0.15, 0.2) is 5.78 Å². The van der Waals surface area contributed by atoms with Crippen molar-refractivity contribution in [2.45, 2.75) is 11.8 Å². The third-order valence-electron chi connectivity index (χ3n) is 2.61. The first kappa shape index (κ1) is 13.3. The van der Waals surface area contributed by atoms with Crippen LogP contribution in [0.25, 0.3) is 0 Å². The third kappa shape index (κ3) is 2.82. The molecule has 0 atom stereocenters. The Balaban J connectivity index is 2.37. The molecule has 1 N–H and O–H groups in total. The Morgan fingerprint density at radius 2 is 2.05 bits per heavy atom. The zero-order valence-electron chi connectivity index (χ0n) is 10.5. The van der Waals surface area contributed by atoms with Gasteiger partial charge in [0.05, 0.1) is 11.1 Å². The fraction of sp³-hybridized carbons (Fsp3) is 0.167. The molecular weight excluding hydrogens is 266 g/mol. The lowest BCUT2D eigenvalue weighted by Gasteiger charge is -2.08. The summed E-state index contributed by atoms with van der Waals surface area (Å²) in [5.41, 5.74) is 0.355. The smallest absolute Gasteiger partial charge is 0.263 e. The predicted molar refractivity (Wildman–Crippen MR) is 70.5 cm³/mol. The summed E-state index contributed by atoms with van der Waals surface area (Å²) in [6.07, 6.45) is 1.49. The van der Waals surface area contributed by atoms with Gasteiger partial charge in [-0.15, -0.1) is 0 Å². The van der Waals surface area contributed by atoms with E-state index in [1.165, 1.54) is 36.0 Å². The molecule has 0 bridgehead atoms. The quantitative estimate of drug-likeness (QED) is 0.858. The molecule has 100 valence electrons. The molecule has 0 aliphatic heterocycles. The predicted octanol–water partition coefficient (Wildman–Crippen LogP) is 1.42. The molecule has 1 heterocycles. The molecule has 0 amide bonds. The van der Waals surface area contributed by atoms with Crippen molar-refractivity contribution in [2.24, 2.45) is 7.05 Å². The van der Waals surface area contributed by atoms with Crippen molar-refractivity contribution >= 4 is 21.6 Å². The largest absolute Gasteiger partial charge is 0.295 e. The van der Waals surface area contributed by atoms with Crippen molar-refractivity contribution < 1.29 is 13.2 Å². The maximum atomic E-state index is 12.2. The van der Waals surface area contributed by atoms with Crippen molar-refractivity contribution in [1.82, 2.24) is 9.78 Å². The number of aromatic nitrogens is 2. The molecule has 7 heteroatoms. The molecule has 0 aliphatic carbocycles. The van der Waals surface area contributed by atoms with Crippen LogP contribution in [0.2, 0.25) is 0 Å². The maximum Gasteiger partial charge on any atom is 0.263 e. The summed E-state index contributed by atoms with van der Waals surface area (Å²) in [5, 5.41) is 3.88. The number of aryl methyl sites for hydroxylation is 1. The summed E-state index contributed by atoms with van der Waals surface area (Å²) in [4.78, 5) is 11.3. The molecule has 0 radical (unpaired) electrons. The van der Waals surface area contributed by atoms with Crippen LogP contribution in [0.4, 0.5) is 5.82 Å². The average molecular weight is 279 g/mol. The molecule has 0 saturated carbocycles. The van der Waals surface area contributed by atoms with Crippen LogP contribution in [-0.4, -0.2) is 24.0 Å². The molecular formula is C12H13N3O3S. The van der Waals surface area contributed by atoms with Crippen LogP contribution in [0.3, 0.4) is 0 Å². The number of ketones is 1. The Labute approximate surface area is 111 Å². The molecule has 6 nitrogen and oxygen atoms in total. The number of carbonyl (C=O) groups excluding carboxylic acids is 1. The number of nitrogens with one attached hydrogen (secondary N) is 1. The van der Waals surface area contributed by atoms with Crippen LogP contribution in [0, 0.1) is 0 Å². The minimum absolute atomic E-state index is 0.0430. The van der Waals surface area contributed by atoms with E-state index in [1.807, 2.05) is 0 Å². The SMILES string of the molecule is CC(=O)c1cccc(S(=O)(=O)Nc2ccnn2C)c1. The Kier molecular flexibility index (Phi) is 3.39. The summed E-state index contributed by atoms with van der Waals surface area (Å²) < 4.78 is 28.1. The Morgan fingerprint density at radius 3 is 2.63 bits per heavy atom. The van der Waals surface area contributed by atoms with Crippen LogP contribution in [0.5, 0.6) is 0 Å². The first-order valence-electron chi connectivity index (χ1n) is 5.52. The minimum atomic E-state index is -3.72. The highest BCUT2D eigenvalue weighted by atomic mass is 32.2. The number of hydrogen-bond donors (Lipinski definition) is 1. The number of anilines is 1. The van der Waals surface area contributed by atoms with Crippen molar-refractivity contribution in [2.75, 3.05) is 4.72 Å². The zero-order valence-corrected chi connectivity index (χ0v) is 11.3. The van der Waals surface area contributed by atoms with E-state index < -0.39 is 10.0 Å². The second kappa shape index (κ2) is 4.85. The summed E-state index contributed by atoms with van der Waals surface area (Å²) in [5.74, 6) is 0.172. The van der Waals surface area contributed by atoms with E-state index in [1.54, 1.807) is 19.2 Å². The van der Waals surface area contributed by atoms with Gasteiger partial charge in [-0.25, -0.2) is 8.42 Å². The number of sulfonamides is 1. The van der Waals surface area contributed by atoms with E-state index in [2.05, 4.69) is 9.82 Å². The number of carbonyl (C=O) groups is 1. The summed E-state index contributed by atoms with van der Waals surface area (Å²) >= 11 is 0. The molecule has 1 aromatic heterocycles. The van der Waals surface area contributed by atoms with Crippen LogP contribution in [0.1, 0.15) is 17.3 Å². The van der Waals surface area contributed by atoms with Crippen molar-refractivity contribution in [3.05, 3.63) is 42.1 Å². The Bertz CT molecular complexity index is 719. The normalized spacial score (nSPS) is 11.3. The average Bonchev–Trinajstić information content (AvgIpc) is 2.74. The third-order valence-corrected chi connectivity index (χ3v) is 3.96. The summed E-state index contributed by atoms with van der Waals surface area (Å²) in [6, 6.07) is 7.44. The highest BCUT2D eigenvalue weighted by Crippen LogP contribution is 2.16. The maximum absolute atomic E-state index is 12.2. The van der Waals surface area contributed by atoms with E-state index >= 15 is 0 Å². The summed E-state index contributed by atoms with van der Waals surface area (Å²) in [6.45, 7) is 1.39. The molecule has 0 aliphatic rings. The van der Waals surface area contributed by atoms with E-state index in [0.29, 0.717) is 11.4 Å². The van der Waals surface area contributed by atoms with Gasteiger partial charge in [0.25, 0.3) is 10.0 Å². The molecule has 0 saturated heterocycles. The Morgan fingerprint density at radius 1 is 1.32 bits per heavy atom. The minimum Gasteiger partial charge on any atom is -0.295 e. The van der Waals surface area contributed by atoms with Gasteiger partial charge >= 0.3 is 0 Å². The van der Waals surface area contributed by atoms with Crippen LogP contribution < -0.4 is 4.72 Å². The Hall–Kier alpha value is -2.15. The lowest BCUT2D eigenvalue weighted by molar-refractivity contribution is 0.101. The van der Waals surface area contributed by atoms with Crippen LogP contribution >= 0.6 is 0 Å². The lowest BCUT2D eigenvalue weighted by atomic mass is 10.2. The highest BCUT2D eigenvalue weighted by molar-refractivity contribution is 7.92. The molecule has 2 rings (SSSR count). The van der Waals surface area contributed by atoms with Crippen molar-refractivity contribution in [3.8, 4) is 0 Å². The van der Waals surface area contributed by atoms with Gasteiger partial charge in [0.1, 0.15) is 5.82 Å². The number of Topliss-reactive ketones (excluding diaryl/α,β-unsaturated/α-hetero) is 1. The fourth-order valence-electron chi connectivity index (χ4n) is 1.55. The molecule has 1 aromatic carbocycles. The first-order valence-corrected chi connectivity index (χ1v) is 7.00. The molecule has 0 unspecified atom stereocenters. The lowest BCUT2D eigenvalue weighted by Crippen LogP contribution is -2.15. The van der Waals surface area contributed by atoms with E-state index in [9.17, 15) is 13.2 Å². The molecule has 0 fully saturated rings. The van der Waals surface area contributed by atoms with Crippen LogP contribution in [0.15, 0.2) is 41.4 Å². The van der Waals surface area contributed by atoms with Gasteiger partial charge in [-0.2, -0.15) is 5.10 Å². The number of hydrogen-bond acceptors (Lipinski definition) is 4. The summed E-state index contributed by atoms with van der Waals surface area (Å²) in [7, 11) is -2.10. The monoisotopic (exact) mass is 279 g/mol. The second-order valence-electron chi connectivity index (χ2n) is 4.03. The zero-order chi connectivity index (χ0) is 14.0. The van der Waals surface area contributed by atoms with Crippen molar-refractivity contribution in [3.63, 3.8) is 0 Å². The molecule has 0 spiro atoms. The second-order valence-corrected chi connectivity index (χ2v) is 5.71. The van der Waals surface area contributed by atoms with Crippen molar-refractivity contribution in [1.29, 1.82) is 0 Å². The van der Waals surface area contributed by atoms with E-state index in [4.69, 9.17) is 0 Å². The topological polar surface area (TPSA) is 81.1 Å². The molecule has 19 heavy (non-hydrogen) atoms. The first-order chi connectivity index (χ1) is 8.90. The van der Waals surface area contributed by atoms with Crippen LogP contribution in [-0.2, 0) is 17.1 Å². The van der Waals surface area contributed by atoms with Gasteiger partial charge < -0.3 is 0 Å². The van der Waals surface area contributed by atoms with E-state index in [0.717, 1.165) is 0 Å². The number of nitrogens with zero attached hydrogens (tertiary/aromatic N) is 2. The number of benzene rings is 1. The van der Waals surface area contributed by atoms with Gasteiger partial charge in [-0.3, -0.25) is 14.2 Å². The highest BCUT2D eigenvalue weighted by Gasteiger charge is 2.16. The van der Waals surface area contributed by atoms with Gasteiger partial charge in [-0.05, 0) is 19.1 Å². The van der Waals surface area contributed by atoms with Gasteiger partial charge in [-0.1, -0.05) is 12.1 Å². The fourth-order valence-corrected chi connectivity index (χ4v) is 2.69. The van der Waals surface area contributed by atoms with E-state index in [-0.39, 0.29) is 10.7 Å². The molecule has 2 aromatic rings. The van der Waals surface area contributed by atoms with Gasteiger partial charge in [0.2, 0.25) is 0 Å². The van der Waals surface area contributed by atoms with Gasteiger partial charge in [0, 0.05) is 18.7 Å². The standard InChI is InChI=1S/C12H13N3O3S/c1-9(16)10-4-3-5-11(8-10)19(17,18)14-12-6-7-13-15(12)2/h3-8,14H,1-2H3. The number of rotatable bonds is 4.